The molecule has 0 aliphatic carbocycles. The summed E-state index contributed by atoms with van der Waals surface area (Å²) in [5.41, 5.74) is 9.41. The Bertz CT molecular complexity index is 2420. The lowest BCUT2D eigenvalue weighted by atomic mass is 9.96. The quantitative estimate of drug-likeness (QED) is 0.225. The van der Waals surface area contributed by atoms with Gasteiger partial charge in [0.05, 0.1) is 22.4 Å². The maximum Gasteiger partial charge on any atom is 0.137 e. The minimum atomic E-state index is 0.872. The molecule has 9 aromatic rings. The van der Waals surface area contributed by atoms with Gasteiger partial charge in [0.15, 0.2) is 0 Å². The van der Waals surface area contributed by atoms with Crippen LogP contribution in [0.25, 0.3) is 82.6 Å². The van der Waals surface area contributed by atoms with E-state index in [-0.39, 0.29) is 0 Å². The molecule has 4 heteroatoms. The summed E-state index contributed by atoms with van der Waals surface area (Å²) in [4.78, 5) is 9.02. The molecule has 0 fully saturated rings. The number of pyridine rings is 2. The van der Waals surface area contributed by atoms with E-state index in [2.05, 4.69) is 107 Å². The number of fused-ring (bicyclic) bond motifs is 7. The third-order valence-corrected chi connectivity index (χ3v) is 8.35. The first-order chi connectivity index (χ1) is 20.8. The normalized spacial score (nSPS) is 11.8. The summed E-state index contributed by atoms with van der Waals surface area (Å²) in [7, 11) is 0. The number of furan rings is 1. The predicted molar refractivity (Wildman–Crippen MR) is 172 cm³/mol. The monoisotopic (exact) mass is 537 g/mol. The third-order valence-electron chi connectivity index (χ3n) is 8.35. The molecule has 0 unspecified atom stereocenters. The van der Waals surface area contributed by atoms with Crippen molar-refractivity contribution in [3.05, 3.63) is 140 Å². The number of nitrogens with zero attached hydrogens (tertiary/aromatic N) is 3. The van der Waals surface area contributed by atoms with Crippen molar-refractivity contribution >= 4 is 54.5 Å². The van der Waals surface area contributed by atoms with Gasteiger partial charge in [-0.2, -0.15) is 0 Å². The Hall–Kier alpha value is -5.74. The van der Waals surface area contributed by atoms with Gasteiger partial charge in [-0.1, -0.05) is 66.7 Å². The highest BCUT2D eigenvalue weighted by atomic mass is 16.3. The molecule has 0 atom stereocenters. The molecule has 0 spiro atoms. The molecule has 4 aromatic heterocycles. The Morgan fingerprint density at radius 3 is 2.00 bits per heavy atom. The van der Waals surface area contributed by atoms with Gasteiger partial charge in [0.25, 0.3) is 0 Å². The van der Waals surface area contributed by atoms with Crippen molar-refractivity contribution in [1.82, 2.24) is 14.5 Å². The van der Waals surface area contributed by atoms with E-state index in [1.54, 1.807) is 0 Å². The van der Waals surface area contributed by atoms with Gasteiger partial charge >= 0.3 is 0 Å². The van der Waals surface area contributed by atoms with Crippen LogP contribution in [0.3, 0.4) is 0 Å². The molecule has 196 valence electrons. The highest BCUT2D eigenvalue weighted by Gasteiger charge is 2.19. The van der Waals surface area contributed by atoms with Crippen LogP contribution in [-0.4, -0.2) is 14.5 Å². The zero-order valence-corrected chi connectivity index (χ0v) is 22.5. The van der Waals surface area contributed by atoms with Crippen molar-refractivity contribution in [2.75, 3.05) is 0 Å². The summed E-state index contributed by atoms with van der Waals surface area (Å²) >= 11 is 0. The van der Waals surface area contributed by atoms with Crippen molar-refractivity contribution in [1.29, 1.82) is 0 Å². The number of rotatable bonds is 3. The molecule has 0 aliphatic heterocycles. The van der Waals surface area contributed by atoms with Crippen LogP contribution in [0, 0.1) is 0 Å². The van der Waals surface area contributed by atoms with Gasteiger partial charge in [-0.3, -0.25) is 9.97 Å². The first-order valence-corrected chi connectivity index (χ1v) is 14.1. The molecule has 0 amide bonds. The molecule has 0 saturated carbocycles. The second-order valence-electron chi connectivity index (χ2n) is 10.7. The Morgan fingerprint density at radius 1 is 0.500 bits per heavy atom. The van der Waals surface area contributed by atoms with E-state index >= 15 is 0 Å². The van der Waals surface area contributed by atoms with Gasteiger partial charge in [0, 0.05) is 62.7 Å². The second-order valence-corrected chi connectivity index (χ2v) is 10.7. The third kappa shape index (κ3) is 3.36. The van der Waals surface area contributed by atoms with Gasteiger partial charge in [0.1, 0.15) is 11.2 Å². The summed E-state index contributed by atoms with van der Waals surface area (Å²) in [6.07, 6.45) is 5.51. The summed E-state index contributed by atoms with van der Waals surface area (Å²) in [6.45, 7) is 0. The van der Waals surface area contributed by atoms with Gasteiger partial charge in [-0.25, -0.2) is 0 Å². The van der Waals surface area contributed by atoms with E-state index in [1.807, 2.05) is 42.9 Å². The molecular formula is C38H23N3O. The van der Waals surface area contributed by atoms with Crippen LogP contribution < -0.4 is 0 Å². The van der Waals surface area contributed by atoms with E-state index < -0.39 is 0 Å². The van der Waals surface area contributed by atoms with Crippen LogP contribution in [-0.2, 0) is 0 Å². The summed E-state index contributed by atoms with van der Waals surface area (Å²) < 4.78 is 8.80. The number of hydrogen-bond donors (Lipinski definition) is 0. The maximum absolute atomic E-state index is 6.42. The Kier molecular flexibility index (Phi) is 4.87. The number of para-hydroxylation sites is 3. The minimum absolute atomic E-state index is 0.872. The topological polar surface area (TPSA) is 43.9 Å². The SMILES string of the molecule is c1ccc2c(c1)oc1cc(-n3c4ccccc4c4ccccc43)c(-c3ccc4ccnc(-c5ccncc5)c4c3)cc12. The largest absolute Gasteiger partial charge is 0.456 e. The fraction of sp³-hybridized carbons (Fsp3) is 0. The van der Waals surface area contributed by atoms with Crippen LogP contribution in [0.15, 0.2) is 144 Å². The molecule has 5 aromatic carbocycles. The van der Waals surface area contributed by atoms with Crippen molar-refractivity contribution in [3.63, 3.8) is 0 Å². The van der Waals surface area contributed by atoms with Gasteiger partial charge in [-0.15, -0.1) is 0 Å². The lowest BCUT2D eigenvalue weighted by Crippen LogP contribution is -1.97. The van der Waals surface area contributed by atoms with Crippen LogP contribution in [0.2, 0.25) is 0 Å². The van der Waals surface area contributed by atoms with Crippen LogP contribution in [0.4, 0.5) is 0 Å². The van der Waals surface area contributed by atoms with Crippen LogP contribution in [0.1, 0.15) is 0 Å². The first kappa shape index (κ1) is 23.0. The fourth-order valence-corrected chi connectivity index (χ4v) is 6.43. The smallest absolute Gasteiger partial charge is 0.137 e. The molecule has 9 rings (SSSR count). The Morgan fingerprint density at radius 2 is 1.21 bits per heavy atom. The molecule has 42 heavy (non-hydrogen) atoms. The van der Waals surface area contributed by atoms with Gasteiger partial charge < -0.3 is 8.98 Å². The molecule has 0 radical (unpaired) electrons. The average Bonchev–Trinajstić information content (AvgIpc) is 3.59. The Balaban J connectivity index is 1.41. The average molecular weight is 538 g/mol. The standard InChI is InChI=1S/C38H23N3O/c1-4-10-33-27(7-1)28-8-2-5-11-34(28)41(33)35-23-37-32(29-9-3-6-12-36(29)42-37)22-30(35)26-14-13-24-17-20-40-38(31(24)21-26)25-15-18-39-19-16-25/h1-23H. The van der Waals surface area contributed by atoms with Crippen LogP contribution >= 0.6 is 0 Å². The maximum atomic E-state index is 6.42. The number of aromatic nitrogens is 3. The van der Waals surface area contributed by atoms with Crippen LogP contribution in [0.5, 0.6) is 0 Å². The zero-order chi connectivity index (χ0) is 27.6. The van der Waals surface area contributed by atoms with Crippen molar-refractivity contribution in [2.24, 2.45) is 0 Å². The number of hydrogen-bond acceptors (Lipinski definition) is 3. The lowest BCUT2D eigenvalue weighted by molar-refractivity contribution is 0.668. The highest BCUT2D eigenvalue weighted by Crippen LogP contribution is 2.41. The highest BCUT2D eigenvalue weighted by molar-refractivity contribution is 6.12. The summed E-state index contributed by atoms with van der Waals surface area (Å²) in [5, 5.41) is 6.92. The van der Waals surface area contributed by atoms with E-state index in [4.69, 9.17) is 9.40 Å². The molecule has 0 bridgehead atoms. The zero-order valence-electron chi connectivity index (χ0n) is 22.5. The molecule has 4 heterocycles. The van der Waals surface area contributed by atoms with Crippen molar-refractivity contribution in [2.45, 2.75) is 0 Å². The molecule has 0 aliphatic rings. The summed E-state index contributed by atoms with van der Waals surface area (Å²) in [5.74, 6) is 0. The molecule has 4 nitrogen and oxygen atoms in total. The molecular weight excluding hydrogens is 514 g/mol. The van der Waals surface area contributed by atoms with Crippen molar-refractivity contribution < 1.29 is 4.42 Å². The number of benzene rings is 5. The van der Waals surface area contributed by atoms with E-state index in [1.165, 1.54) is 10.8 Å². The predicted octanol–water partition coefficient (Wildman–Crippen LogP) is 9.96. The second kappa shape index (κ2) is 8.88. The van der Waals surface area contributed by atoms with Crippen molar-refractivity contribution in [3.8, 4) is 28.1 Å². The lowest BCUT2D eigenvalue weighted by Gasteiger charge is -2.16. The van der Waals surface area contributed by atoms with E-state index in [9.17, 15) is 0 Å². The molecule has 0 saturated heterocycles. The summed E-state index contributed by atoms with van der Waals surface area (Å²) in [6, 6.07) is 42.8. The fourth-order valence-electron chi connectivity index (χ4n) is 6.43. The molecule has 0 N–H and O–H groups in total. The van der Waals surface area contributed by atoms with Gasteiger partial charge in [0.2, 0.25) is 0 Å². The Labute approximate surface area is 241 Å². The minimum Gasteiger partial charge on any atom is -0.456 e. The van der Waals surface area contributed by atoms with E-state index in [0.717, 1.165) is 71.8 Å². The van der Waals surface area contributed by atoms with E-state index in [0.29, 0.717) is 0 Å². The first-order valence-electron chi connectivity index (χ1n) is 14.1. The van der Waals surface area contributed by atoms with Gasteiger partial charge in [-0.05, 0) is 59.5 Å².